The van der Waals surface area contributed by atoms with Crippen LogP contribution in [0.25, 0.3) is 0 Å². The fourth-order valence-corrected chi connectivity index (χ4v) is 1.97. The summed E-state index contributed by atoms with van der Waals surface area (Å²) in [5.74, 6) is 0. The maximum Gasteiger partial charge on any atom is 0.177 e. The number of hydrogen-bond acceptors (Lipinski definition) is 3. The van der Waals surface area contributed by atoms with Gasteiger partial charge in [0.1, 0.15) is 6.10 Å². The first kappa shape index (κ1) is 15.4. The van der Waals surface area contributed by atoms with Crippen LogP contribution in [-0.4, -0.2) is 24.6 Å². The lowest BCUT2D eigenvalue weighted by molar-refractivity contribution is -0.104. The van der Waals surface area contributed by atoms with Gasteiger partial charge in [-0.2, -0.15) is 0 Å². The Morgan fingerprint density at radius 3 is 2.28 bits per heavy atom. The average Bonchev–Trinajstić information content (AvgIpc) is 2.39. The molecule has 1 rings (SSSR count). The minimum absolute atomic E-state index is 0.437. The zero-order valence-electron chi connectivity index (χ0n) is 10.7. The Morgan fingerprint density at radius 2 is 1.78 bits per heavy atom. The molecule has 0 aromatic heterocycles. The predicted molar refractivity (Wildman–Crippen MR) is 75.5 cm³/mol. The van der Waals surface area contributed by atoms with E-state index in [0.29, 0.717) is 17.7 Å². The summed E-state index contributed by atoms with van der Waals surface area (Å²) in [5, 5.41) is 10.1. The summed E-state index contributed by atoms with van der Waals surface area (Å²) in [6.07, 6.45) is 0.604. The zero-order valence-corrected chi connectivity index (χ0v) is 12.3. The van der Waals surface area contributed by atoms with E-state index >= 15 is 0 Å². The van der Waals surface area contributed by atoms with E-state index in [2.05, 4.69) is 15.9 Å². The summed E-state index contributed by atoms with van der Waals surface area (Å²) in [6, 6.07) is 9.44. The number of aliphatic hydroxyl groups excluding tert-OH is 1. The smallest absolute Gasteiger partial charge is 0.177 e. The minimum Gasteiger partial charge on any atom is -0.383 e. The highest BCUT2D eigenvalue weighted by Crippen LogP contribution is 2.26. The second kappa shape index (κ2) is 8.43. The Labute approximate surface area is 117 Å². The highest BCUT2D eigenvalue weighted by Gasteiger charge is 2.13. The van der Waals surface area contributed by atoms with E-state index in [0.717, 1.165) is 5.56 Å². The molecule has 0 spiro atoms. The molecule has 0 heterocycles. The molecule has 1 N–H and O–H groups in total. The van der Waals surface area contributed by atoms with Gasteiger partial charge in [0.25, 0.3) is 0 Å². The fourth-order valence-electron chi connectivity index (χ4n) is 1.49. The van der Waals surface area contributed by atoms with E-state index in [-0.39, 0.29) is 0 Å². The number of ether oxygens (including phenoxy) is 2. The number of aliphatic hydroxyl groups is 1. The second-order valence-electron chi connectivity index (χ2n) is 3.64. The fraction of sp³-hybridized carbons (Fsp3) is 0.429. The Balaban J connectivity index is 2.74. The predicted octanol–water partition coefficient (Wildman–Crippen LogP) is 3.40. The van der Waals surface area contributed by atoms with Crippen molar-refractivity contribution in [1.29, 1.82) is 0 Å². The topological polar surface area (TPSA) is 38.7 Å². The van der Waals surface area contributed by atoms with Crippen molar-refractivity contribution in [2.24, 2.45) is 0 Å². The van der Waals surface area contributed by atoms with E-state index in [1.165, 1.54) is 0 Å². The first-order valence-electron chi connectivity index (χ1n) is 6.02. The van der Waals surface area contributed by atoms with Gasteiger partial charge in [-0.05, 0) is 25.5 Å². The van der Waals surface area contributed by atoms with E-state index < -0.39 is 12.4 Å². The Morgan fingerprint density at radius 1 is 1.22 bits per heavy atom. The lowest BCUT2D eigenvalue weighted by Crippen LogP contribution is -2.15. The van der Waals surface area contributed by atoms with Crippen molar-refractivity contribution in [2.75, 3.05) is 13.2 Å². The first-order chi connectivity index (χ1) is 8.69. The molecule has 3 nitrogen and oxygen atoms in total. The zero-order chi connectivity index (χ0) is 13.4. The molecule has 0 bridgehead atoms. The molecule has 1 unspecified atom stereocenters. The molecule has 0 aliphatic rings. The molecule has 1 atom stereocenters. The van der Waals surface area contributed by atoms with Crippen molar-refractivity contribution >= 4 is 15.9 Å². The molecule has 1 aromatic rings. The van der Waals surface area contributed by atoms with Gasteiger partial charge in [-0.3, -0.25) is 0 Å². The molecule has 0 fully saturated rings. The van der Waals surface area contributed by atoms with Crippen LogP contribution < -0.4 is 0 Å². The Kier molecular flexibility index (Phi) is 7.20. The standard InChI is InChI=1S/C14H19BrO3/c1-3-17-13(18-4-2)10-12(15)14(16)11-8-6-5-7-9-11/h5-10,13-14,16H,3-4H2,1-2H3/b12-10+. The summed E-state index contributed by atoms with van der Waals surface area (Å²) in [4.78, 5) is 0. The monoisotopic (exact) mass is 314 g/mol. The molecule has 1 aromatic carbocycles. The van der Waals surface area contributed by atoms with E-state index in [1.54, 1.807) is 6.08 Å². The molecule has 0 aliphatic heterocycles. The molecule has 0 saturated heterocycles. The second-order valence-corrected chi connectivity index (χ2v) is 4.56. The van der Waals surface area contributed by atoms with Crippen molar-refractivity contribution in [1.82, 2.24) is 0 Å². The number of rotatable bonds is 7. The third kappa shape index (κ3) is 4.90. The molecule has 0 radical (unpaired) electrons. The molecule has 100 valence electrons. The van der Waals surface area contributed by atoms with Crippen LogP contribution in [-0.2, 0) is 9.47 Å². The van der Waals surface area contributed by atoms with Crippen LogP contribution in [0.1, 0.15) is 25.5 Å². The van der Waals surface area contributed by atoms with Crippen LogP contribution in [0.3, 0.4) is 0 Å². The van der Waals surface area contributed by atoms with Crippen molar-refractivity contribution in [3.63, 3.8) is 0 Å². The number of hydrogen-bond donors (Lipinski definition) is 1. The van der Waals surface area contributed by atoms with Crippen molar-refractivity contribution in [3.05, 3.63) is 46.5 Å². The van der Waals surface area contributed by atoms with Crippen LogP contribution in [0, 0.1) is 0 Å². The maximum absolute atomic E-state index is 10.1. The molecular formula is C14H19BrO3. The largest absolute Gasteiger partial charge is 0.383 e. The highest BCUT2D eigenvalue weighted by molar-refractivity contribution is 9.11. The lowest BCUT2D eigenvalue weighted by Gasteiger charge is -2.16. The van der Waals surface area contributed by atoms with Crippen LogP contribution in [0.15, 0.2) is 40.9 Å². The van der Waals surface area contributed by atoms with Crippen molar-refractivity contribution < 1.29 is 14.6 Å². The van der Waals surface area contributed by atoms with Crippen LogP contribution in [0.2, 0.25) is 0 Å². The lowest BCUT2D eigenvalue weighted by atomic mass is 10.1. The highest BCUT2D eigenvalue weighted by atomic mass is 79.9. The van der Waals surface area contributed by atoms with Gasteiger partial charge in [0, 0.05) is 17.7 Å². The minimum atomic E-state index is -0.699. The van der Waals surface area contributed by atoms with E-state index in [1.807, 2.05) is 44.2 Å². The first-order valence-corrected chi connectivity index (χ1v) is 6.81. The maximum atomic E-state index is 10.1. The Hall–Kier alpha value is -0.680. The van der Waals surface area contributed by atoms with Gasteiger partial charge in [0.2, 0.25) is 0 Å². The third-order valence-electron chi connectivity index (χ3n) is 2.33. The number of halogens is 1. The summed E-state index contributed by atoms with van der Waals surface area (Å²) in [7, 11) is 0. The molecule has 18 heavy (non-hydrogen) atoms. The van der Waals surface area contributed by atoms with Gasteiger partial charge < -0.3 is 14.6 Å². The van der Waals surface area contributed by atoms with Gasteiger partial charge in [0.15, 0.2) is 6.29 Å². The van der Waals surface area contributed by atoms with Crippen molar-refractivity contribution in [3.8, 4) is 0 Å². The number of benzene rings is 1. The van der Waals surface area contributed by atoms with Gasteiger partial charge in [-0.1, -0.05) is 46.3 Å². The quantitative estimate of drug-likeness (QED) is 0.784. The molecular weight excluding hydrogens is 296 g/mol. The SMILES string of the molecule is CCOC(/C=C(/Br)C(O)c1ccccc1)OCC. The van der Waals surface area contributed by atoms with E-state index in [9.17, 15) is 5.11 Å². The molecule has 0 saturated carbocycles. The summed E-state index contributed by atoms with van der Waals surface area (Å²) >= 11 is 3.37. The van der Waals surface area contributed by atoms with Crippen molar-refractivity contribution in [2.45, 2.75) is 26.2 Å². The Bertz CT molecular complexity index is 359. The molecule has 0 amide bonds. The summed E-state index contributed by atoms with van der Waals surface area (Å²) in [6.45, 7) is 4.93. The van der Waals surface area contributed by atoms with Crippen LogP contribution >= 0.6 is 15.9 Å². The normalized spacial score (nSPS) is 13.9. The third-order valence-corrected chi connectivity index (χ3v) is 3.03. The van der Waals surface area contributed by atoms with Gasteiger partial charge in [0.05, 0.1) is 0 Å². The van der Waals surface area contributed by atoms with Gasteiger partial charge in [-0.15, -0.1) is 0 Å². The molecule has 4 heteroatoms. The van der Waals surface area contributed by atoms with Gasteiger partial charge >= 0.3 is 0 Å². The average molecular weight is 315 g/mol. The summed E-state index contributed by atoms with van der Waals surface area (Å²) in [5.41, 5.74) is 0.826. The van der Waals surface area contributed by atoms with Crippen LogP contribution in [0.4, 0.5) is 0 Å². The molecule has 0 aliphatic carbocycles. The van der Waals surface area contributed by atoms with Crippen LogP contribution in [0.5, 0.6) is 0 Å². The summed E-state index contributed by atoms with van der Waals surface area (Å²) < 4.78 is 11.4. The van der Waals surface area contributed by atoms with Gasteiger partial charge in [-0.25, -0.2) is 0 Å². The van der Waals surface area contributed by atoms with E-state index in [4.69, 9.17) is 9.47 Å².